The van der Waals surface area contributed by atoms with Crippen LogP contribution in [0.3, 0.4) is 0 Å². The van der Waals surface area contributed by atoms with Crippen LogP contribution < -0.4 is 10.1 Å². The van der Waals surface area contributed by atoms with Crippen molar-refractivity contribution in [2.75, 3.05) is 6.61 Å². The quantitative estimate of drug-likeness (QED) is 0.899. The van der Waals surface area contributed by atoms with Crippen LogP contribution in [-0.4, -0.2) is 18.6 Å². The molecule has 1 N–H and O–H groups in total. The summed E-state index contributed by atoms with van der Waals surface area (Å²) in [6, 6.07) is 3.99. The van der Waals surface area contributed by atoms with Crippen LogP contribution in [0.5, 0.6) is 5.75 Å². The Labute approximate surface area is 126 Å². The molecule has 1 fully saturated rings. The van der Waals surface area contributed by atoms with E-state index in [2.05, 4.69) is 21.2 Å². The van der Waals surface area contributed by atoms with Gasteiger partial charge in [-0.1, -0.05) is 40.4 Å². The zero-order valence-corrected chi connectivity index (χ0v) is 13.2. The number of halogens is 2. The van der Waals surface area contributed by atoms with Crippen LogP contribution in [0.2, 0.25) is 5.02 Å². The number of ether oxygens (including phenoxy) is 1. The Kier molecular flexibility index (Phi) is 5.11. The first-order valence-corrected chi connectivity index (χ1v) is 7.61. The number of amides is 1. The zero-order chi connectivity index (χ0) is 13.8. The summed E-state index contributed by atoms with van der Waals surface area (Å²) in [6.07, 6.45) is 4.54. The first kappa shape index (κ1) is 14.7. The average Bonchev–Trinajstić information content (AvgIpc) is 2.80. The number of rotatable bonds is 4. The number of hydrogen-bond donors (Lipinski definition) is 1. The van der Waals surface area contributed by atoms with Crippen LogP contribution >= 0.6 is 27.5 Å². The summed E-state index contributed by atoms with van der Waals surface area (Å²) in [6.45, 7) is 1.92. The van der Waals surface area contributed by atoms with Crippen molar-refractivity contribution >= 4 is 33.4 Å². The summed E-state index contributed by atoms with van der Waals surface area (Å²) in [5, 5.41) is 3.50. The second-order valence-corrected chi connectivity index (χ2v) is 6.19. The molecule has 0 bridgehead atoms. The molecule has 2 rings (SSSR count). The smallest absolute Gasteiger partial charge is 0.258 e. The van der Waals surface area contributed by atoms with E-state index in [0.717, 1.165) is 22.9 Å². The van der Waals surface area contributed by atoms with E-state index in [4.69, 9.17) is 16.3 Å². The van der Waals surface area contributed by atoms with Gasteiger partial charge in [0.25, 0.3) is 5.91 Å². The Bertz CT molecular complexity index is 450. The molecule has 1 amide bonds. The lowest BCUT2D eigenvalue weighted by atomic mass is 10.2. The lowest BCUT2D eigenvalue weighted by molar-refractivity contribution is -0.123. The summed E-state index contributed by atoms with van der Waals surface area (Å²) in [7, 11) is 0. The van der Waals surface area contributed by atoms with Crippen molar-refractivity contribution < 1.29 is 9.53 Å². The highest BCUT2D eigenvalue weighted by Gasteiger charge is 2.17. The Morgan fingerprint density at radius 3 is 2.79 bits per heavy atom. The van der Waals surface area contributed by atoms with Gasteiger partial charge in [-0.3, -0.25) is 4.79 Å². The molecule has 0 radical (unpaired) electrons. The normalized spacial score (nSPS) is 15.5. The molecule has 0 aromatic heterocycles. The highest BCUT2D eigenvalue weighted by molar-refractivity contribution is 9.10. The van der Waals surface area contributed by atoms with E-state index in [1.807, 2.05) is 13.0 Å². The highest BCUT2D eigenvalue weighted by Crippen LogP contribution is 2.31. The maximum atomic E-state index is 11.8. The minimum Gasteiger partial charge on any atom is -0.482 e. The van der Waals surface area contributed by atoms with Gasteiger partial charge in [-0.15, -0.1) is 0 Å². The molecule has 19 heavy (non-hydrogen) atoms. The predicted molar refractivity (Wildman–Crippen MR) is 79.8 cm³/mol. The maximum Gasteiger partial charge on any atom is 0.258 e. The summed E-state index contributed by atoms with van der Waals surface area (Å²) in [5.74, 6) is 0.497. The number of benzene rings is 1. The van der Waals surface area contributed by atoms with Gasteiger partial charge in [0, 0.05) is 10.5 Å². The molecule has 0 saturated heterocycles. The number of carbonyl (C=O) groups is 1. The topological polar surface area (TPSA) is 38.3 Å². The molecule has 0 heterocycles. The second-order valence-electron chi connectivity index (χ2n) is 4.87. The van der Waals surface area contributed by atoms with Gasteiger partial charge < -0.3 is 10.1 Å². The number of carbonyl (C=O) groups excluding carboxylic acids is 1. The fourth-order valence-corrected chi connectivity index (χ4v) is 3.37. The van der Waals surface area contributed by atoms with Gasteiger partial charge in [0.1, 0.15) is 5.75 Å². The number of hydrogen-bond acceptors (Lipinski definition) is 2. The van der Waals surface area contributed by atoms with E-state index < -0.39 is 0 Å². The van der Waals surface area contributed by atoms with Crippen molar-refractivity contribution in [3.8, 4) is 5.75 Å². The van der Waals surface area contributed by atoms with Gasteiger partial charge in [-0.2, -0.15) is 0 Å². The first-order chi connectivity index (χ1) is 9.06. The summed E-state index contributed by atoms with van der Waals surface area (Å²) in [5.41, 5.74) is 0.910. The molecule has 0 unspecified atom stereocenters. The van der Waals surface area contributed by atoms with Gasteiger partial charge in [0.2, 0.25) is 0 Å². The SMILES string of the molecule is Cc1cc(Br)cc(Cl)c1OCC(=O)NC1CCCC1. The van der Waals surface area contributed by atoms with Gasteiger partial charge >= 0.3 is 0 Å². The molecule has 1 aliphatic carbocycles. The van der Waals surface area contributed by atoms with E-state index in [1.54, 1.807) is 6.07 Å². The average molecular weight is 347 g/mol. The first-order valence-electron chi connectivity index (χ1n) is 6.44. The van der Waals surface area contributed by atoms with Crippen LogP contribution in [0.25, 0.3) is 0 Å². The van der Waals surface area contributed by atoms with Crippen LogP contribution in [0, 0.1) is 6.92 Å². The minimum absolute atomic E-state index is 0.0126. The predicted octanol–water partition coefficient (Wildman–Crippen LogP) is 3.85. The molecule has 0 spiro atoms. The minimum atomic E-state index is -0.0784. The summed E-state index contributed by atoms with van der Waals surface area (Å²) >= 11 is 9.47. The second kappa shape index (κ2) is 6.62. The molecule has 104 valence electrons. The van der Waals surface area contributed by atoms with Crippen LogP contribution in [0.4, 0.5) is 0 Å². The third-order valence-electron chi connectivity index (χ3n) is 3.26. The Morgan fingerprint density at radius 1 is 1.47 bits per heavy atom. The fraction of sp³-hybridized carbons (Fsp3) is 0.500. The maximum absolute atomic E-state index is 11.8. The van der Waals surface area contributed by atoms with Crippen LogP contribution in [0.1, 0.15) is 31.2 Å². The molecule has 1 saturated carbocycles. The monoisotopic (exact) mass is 345 g/mol. The van der Waals surface area contributed by atoms with Gasteiger partial charge in [-0.05, 0) is 37.5 Å². The molecule has 3 nitrogen and oxygen atoms in total. The van der Waals surface area contributed by atoms with E-state index in [-0.39, 0.29) is 12.5 Å². The molecule has 1 aromatic carbocycles. The number of nitrogens with one attached hydrogen (secondary N) is 1. The molecule has 0 atom stereocenters. The van der Waals surface area contributed by atoms with E-state index in [1.165, 1.54) is 12.8 Å². The third kappa shape index (κ3) is 4.11. The molecular formula is C14H17BrClNO2. The molecular weight excluding hydrogens is 330 g/mol. The molecule has 5 heteroatoms. The van der Waals surface area contributed by atoms with Crippen molar-refractivity contribution in [2.45, 2.75) is 38.6 Å². The zero-order valence-electron chi connectivity index (χ0n) is 10.8. The van der Waals surface area contributed by atoms with Gasteiger partial charge in [0.15, 0.2) is 6.61 Å². The van der Waals surface area contributed by atoms with E-state index >= 15 is 0 Å². The summed E-state index contributed by atoms with van der Waals surface area (Å²) in [4.78, 5) is 11.8. The molecule has 1 aromatic rings. The lowest BCUT2D eigenvalue weighted by Gasteiger charge is -2.14. The lowest BCUT2D eigenvalue weighted by Crippen LogP contribution is -2.36. The molecule has 1 aliphatic rings. The van der Waals surface area contributed by atoms with Crippen molar-refractivity contribution in [1.82, 2.24) is 5.32 Å². The van der Waals surface area contributed by atoms with Crippen molar-refractivity contribution in [1.29, 1.82) is 0 Å². The van der Waals surface area contributed by atoms with Crippen molar-refractivity contribution in [3.05, 3.63) is 27.2 Å². The Balaban J connectivity index is 1.89. The van der Waals surface area contributed by atoms with E-state index in [9.17, 15) is 4.79 Å². The van der Waals surface area contributed by atoms with Crippen LogP contribution in [-0.2, 0) is 4.79 Å². The third-order valence-corrected chi connectivity index (χ3v) is 4.00. The van der Waals surface area contributed by atoms with Gasteiger partial charge in [0.05, 0.1) is 5.02 Å². The fourth-order valence-electron chi connectivity index (χ4n) is 2.35. The standard InChI is InChI=1S/C14H17BrClNO2/c1-9-6-10(15)7-12(16)14(9)19-8-13(18)17-11-4-2-3-5-11/h6-7,11H,2-5,8H2,1H3,(H,17,18). The van der Waals surface area contributed by atoms with Crippen LogP contribution in [0.15, 0.2) is 16.6 Å². The van der Waals surface area contributed by atoms with Gasteiger partial charge in [-0.25, -0.2) is 0 Å². The van der Waals surface area contributed by atoms with Crippen molar-refractivity contribution in [2.24, 2.45) is 0 Å². The molecule has 0 aliphatic heterocycles. The highest BCUT2D eigenvalue weighted by atomic mass is 79.9. The van der Waals surface area contributed by atoms with E-state index in [0.29, 0.717) is 16.8 Å². The Morgan fingerprint density at radius 2 is 2.16 bits per heavy atom. The summed E-state index contributed by atoms with van der Waals surface area (Å²) < 4.78 is 6.43. The number of aryl methyl sites for hydroxylation is 1. The Hall–Kier alpha value is -0.740. The van der Waals surface area contributed by atoms with Crippen molar-refractivity contribution in [3.63, 3.8) is 0 Å². The largest absolute Gasteiger partial charge is 0.482 e.